The Hall–Kier alpha value is -1.60. The number of thioether (sulfide) groups is 1. The van der Waals surface area contributed by atoms with Gasteiger partial charge in [0.15, 0.2) is 0 Å². The largest absolute Gasteiger partial charge is 0.487 e. The van der Waals surface area contributed by atoms with Crippen molar-refractivity contribution in [2.45, 2.75) is 6.61 Å². The van der Waals surface area contributed by atoms with E-state index in [2.05, 4.69) is 45.2 Å². The Bertz CT molecular complexity index is 955. The first-order valence-corrected chi connectivity index (χ1v) is 11.0. The summed E-state index contributed by atoms with van der Waals surface area (Å²) in [6.07, 6.45) is 1.60. The molecule has 0 bridgehead atoms. The normalized spacial score (nSPS) is 15.4. The Morgan fingerprint density at radius 1 is 1.14 bits per heavy atom. The monoisotopic (exact) mass is 621 g/mol. The average Bonchev–Trinajstić information content (AvgIpc) is 2.89. The van der Waals surface area contributed by atoms with Crippen LogP contribution in [-0.2, 0) is 16.2 Å². The molecule has 1 aliphatic heterocycles. The number of ether oxygens (including phenoxy) is 1. The molecule has 0 radical (unpaired) electrons. The summed E-state index contributed by atoms with van der Waals surface area (Å²) in [5.41, 5.74) is 1.80. The maximum Gasteiger partial charge on any atom is 0.323 e. The van der Waals surface area contributed by atoms with Crippen LogP contribution in [0.25, 0.3) is 6.08 Å². The second-order valence-electron chi connectivity index (χ2n) is 5.75. The third-order valence-corrected chi connectivity index (χ3v) is 6.22. The molecule has 3 rings (SSSR count). The third kappa shape index (κ3) is 5.06. The zero-order valence-corrected chi connectivity index (χ0v) is 19.4. The second kappa shape index (κ2) is 9.27. The Morgan fingerprint density at radius 3 is 2.39 bits per heavy atom. The molecule has 2 aromatic rings. The van der Waals surface area contributed by atoms with Crippen molar-refractivity contribution in [3.05, 3.63) is 65.6 Å². The van der Waals surface area contributed by atoms with E-state index in [4.69, 9.17) is 9.84 Å². The number of rotatable bonds is 6. The van der Waals surface area contributed by atoms with Crippen LogP contribution in [0.1, 0.15) is 11.1 Å². The molecule has 6 nitrogen and oxygen atoms in total. The molecule has 9 heteroatoms. The number of amides is 2. The molecule has 0 aliphatic carbocycles. The van der Waals surface area contributed by atoms with Gasteiger partial charge in [-0.1, -0.05) is 30.3 Å². The topological polar surface area (TPSA) is 83.9 Å². The molecule has 2 amide bonds. The highest BCUT2D eigenvalue weighted by molar-refractivity contribution is 14.1. The molecule has 0 saturated carbocycles. The lowest BCUT2D eigenvalue weighted by Gasteiger charge is -2.12. The van der Waals surface area contributed by atoms with E-state index < -0.39 is 23.7 Å². The molecule has 2 aromatic carbocycles. The molecule has 0 unspecified atom stereocenters. The summed E-state index contributed by atoms with van der Waals surface area (Å²) < 4.78 is 7.69. The first-order valence-electron chi connectivity index (χ1n) is 7.98. The lowest BCUT2D eigenvalue weighted by molar-refractivity contribution is -0.140. The van der Waals surface area contributed by atoms with Gasteiger partial charge in [-0.3, -0.25) is 19.3 Å². The summed E-state index contributed by atoms with van der Waals surface area (Å²) in [4.78, 5) is 35.9. The SMILES string of the molecule is O=C(O)CN1C(=O)S/C(=C/c2cc(I)c(OCc3ccccc3)c(I)c2)C1=O. The van der Waals surface area contributed by atoms with E-state index in [0.717, 1.165) is 40.7 Å². The van der Waals surface area contributed by atoms with E-state index in [1.165, 1.54) is 0 Å². The van der Waals surface area contributed by atoms with Gasteiger partial charge in [0.1, 0.15) is 18.9 Å². The van der Waals surface area contributed by atoms with Crippen LogP contribution < -0.4 is 4.74 Å². The highest BCUT2D eigenvalue weighted by Gasteiger charge is 2.36. The van der Waals surface area contributed by atoms with Gasteiger partial charge in [-0.2, -0.15) is 0 Å². The van der Waals surface area contributed by atoms with Crippen molar-refractivity contribution >= 4 is 80.1 Å². The Kier molecular flexibility index (Phi) is 6.99. The zero-order valence-electron chi connectivity index (χ0n) is 14.2. The van der Waals surface area contributed by atoms with Crippen molar-refractivity contribution < 1.29 is 24.2 Å². The van der Waals surface area contributed by atoms with Gasteiger partial charge in [0.25, 0.3) is 11.1 Å². The lowest BCUT2D eigenvalue weighted by Crippen LogP contribution is -2.33. The molecular weight excluding hydrogens is 608 g/mol. The molecule has 1 aliphatic rings. The predicted octanol–water partition coefficient (Wildman–Crippen LogP) is 4.60. The van der Waals surface area contributed by atoms with Crippen LogP contribution in [0.3, 0.4) is 0 Å². The van der Waals surface area contributed by atoms with E-state index in [1.54, 1.807) is 6.08 Å². The molecule has 28 heavy (non-hydrogen) atoms. The van der Waals surface area contributed by atoms with Gasteiger partial charge in [-0.25, -0.2) is 0 Å². The van der Waals surface area contributed by atoms with Gasteiger partial charge in [0.2, 0.25) is 0 Å². The van der Waals surface area contributed by atoms with E-state index in [0.29, 0.717) is 6.61 Å². The lowest BCUT2D eigenvalue weighted by atomic mass is 10.2. The van der Waals surface area contributed by atoms with Gasteiger partial charge in [0, 0.05) is 0 Å². The van der Waals surface area contributed by atoms with Crippen LogP contribution in [-0.4, -0.2) is 33.7 Å². The van der Waals surface area contributed by atoms with E-state index >= 15 is 0 Å². The van der Waals surface area contributed by atoms with E-state index in [9.17, 15) is 14.4 Å². The molecule has 0 aromatic heterocycles. The molecule has 1 saturated heterocycles. The number of carbonyl (C=O) groups excluding carboxylic acids is 2. The number of hydrogen-bond acceptors (Lipinski definition) is 5. The number of imide groups is 1. The van der Waals surface area contributed by atoms with Crippen LogP contribution >= 0.6 is 56.9 Å². The molecule has 0 atom stereocenters. The number of halogens is 2. The maximum atomic E-state index is 12.3. The van der Waals surface area contributed by atoms with Gasteiger partial charge >= 0.3 is 5.97 Å². The second-order valence-corrected chi connectivity index (χ2v) is 9.07. The van der Waals surface area contributed by atoms with Crippen molar-refractivity contribution in [2.24, 2.45) is 0 Å². The summed E-state index contributed by atoms with van der Waals surface area (Å²) >= 11 is 5.07. The molecule has 0 spiro atoms. The molecule has 1 N–H and O–H groups in total. The van der Waals surface area contributed by atoms with E-state index in [-0.39, 0.29) is 4.91 Å². The first kappa shape index (κ1) is 21.1. The van der Waals surface area contributed by atoms with Gasteiger partial charge in [-0.15, -0.1) is 0 Å². The minimum atomic E-state index is -1.23. The number of carbonyl (C=O) groups is 3. The summed E-state index contributed by atoms with van der Waals surface area (Å²) in [6, 6.07) is 13.5. The van der Waals surface area contributed by atoms with Crippen LogP contribution in [0, 0.1) is 7.14 Å². The van der Waals surface area contributed by atoms with Crippen LogP contribution in [0.15, 0.2) is 47.4 Å². The fourth-order valence-electron chi connectivity index (χ4n) is 2.45. The average molecular weight is 621 g/mol. The van der Waals surface area contributed by atoms with E-state index in [1.807, 2.05) is 42.5 Å². The number of carboxylic acids is 1. The Labute approximate surface area is 192 Å². The standard InChI is InChI=1S/C19H13I2NO5S/c20-13-6-12(8-15-18(25)22(9-16(23)24)19(26)28-15)7-14(21)17(13)27-10-11-4-2-1-3-5-11/h1-8H,9-10H2,(H,23,24)/b15-8+. The Morgan fingerprint density at radius 2 is 1.79 bits per heavy atom. The van der Waals surface area contributed by atoms with Crippen molar-refractivity contribution in [3.63, 3.8) is 0 Å². The van der Waals surface area contributed by atoms with Gasteiger partial charge in [0.05, 0.1) is 12.0 Å². The van der Waals surface area contributed by atoms with Gasteiger partial charge < -0.3 is 9.84 Å². The minimum absolute atomic E-state index is 0.204. The molecule has 1 fully saturated rings. The smallest absolute Gasteiger partial charge is 0.323 e. The third-order valence-electron chi connectivity index (χ3n) is 3.71. The van der Waals surface area contributed by atoms with Crippen molar-refractivity contribution in [3.8, 4) is 5.75 Å². The first-order chi connectivity index (χ1) is 13.3. The van der Waals surface area contributed by atoms with Crippen molar-refractivity contribution in [2.75, 3.05) is 6.54 Å². The molecular formula is C19H13I2NO5S. The van der Waals surface area contributed by atoms with Crippen molar-refractivity contribution in [1.29, 1.82) is 0 Å². The predicted molar refractivity (Wildman–Crippen MR) is 123 cm³/mol. The zero-order chi connectivity index (χ0) is 20.3. The number of nitrogens with zero attached hydrogens (tertiary/aromatic N) is 1. The maximum absolute atomic E-state index is 12.3. The summed E-state index contributed by atoms with van der Waals surface area (Å²) in [5.74, 6) is -1.07. The van der Waals surface area contributed by atoms with Crippen molar-refractivity contribution in [1.82, 2.24) is 4.90 Å². The number of aliphatic carboxylic acids is 1. The number of benzene rings is 2. The Balaban J connectivity index is 1.79. The van der Waals surface area contributed by atoms with Crippen LogP contribution in [0.4, 0.5) is 4.79 Å². The number of hydrogen-bond donors (Lipinski definition) is 1. The minimum Gasteiger partial charge on any atom is -0.487 e. The molecule has 144 valence electrons. The summed E-state index contributed by atoms with van der Waals surface area (Å²) in [5, 5.41) is 8.25. The molecule has 1 heterocycles. The fraction of sp³-hybridized carbons (Fsp3) is 0.105. The quantitative estimate of drug-likeness (QED) is 0.376. The summed E-state index contributed by atoms with van der Waals surface area (Å²) in [6.45, 7) is -0.191. The van der Waals surface area contributed by atoms with Gasteiger partial charge in [-0.05, 0) is 86.3 Å². The highest BCUT2D eigenvalue weighted by Crippen LogP contribution is 2.35. The van der Waals surface area contributed by atoms with Crippen LogP contribution in [0.5, 0.6) is 5.75 Å². The highest BCUT2D eigenvalue weighted by atomic mass is 127. The summed E-state index contributed by atoms with van der Waals surface area (Å²) in [7, 11) is 0. The van der Waals surface area contributed by atoms with Crippen LogP contribution in [0.2, 0.25) is 0 Å². The fourth-order valence-corrected chi connectivity index (χ4v) is 5.42. The number of carboxylic acid groups (broad SMARTS) is 1.